The molecule has 0 unspecified atom stereocenters. The van der Waals surface area contributed by atoms with Crippen LogP contribution in [0.2, 0.25) is 0 Å². The Bertz CT molecular complexity index is 414. The quantitative estimate of drug-likeness (QED) is 0.684. The Labute approximate surface area is 101 Å². The van der Waals surface area contributed by atoms with Gasteiger partial charge in [-0.05, 0) is 30.5 Å². The second-order valence-electron chi connectivity index (χ2n) is 4.62. The molecule has 0 bridgehead atoms. The fourth-order valence-corrected chi connectivity index (χ4v) is 2.07. The van der Waals surface area contributed by atoms with Gasteiger partial charge >= 0.3 is 5.97 Å². The molecule has 0 radical (unpaired) electrons. The van der Waals surface area contributed by atoms with Crippen molar-refractivity contribution < 1.29 is 9.90 Å². The highest BCUT2D eigenvalue weighted by atomic mass is 16.4. The number of nitrogen functional groups attached to an aromatic ring is 1. The van der Waals surface area contributed by atoms with Gasteiger partial charge in [0.15, 0.2) is 0 Å². The lowest BCUT2D eigenvalue weighted by molar-refractivity contribution is 0.0698. The van der Waals surface area contributed by atoms with Gasteiger partial charge in [-0.1, -0.05) is 19.3 Å². The van der Waals surface area contributed by atoms with Crippen LogP contribution in [0.1, 0.15) is 36.0 Å². The molecule has 2 rings (SSSR count). The molecule has 17 heavy (non-hydrogen) atoms. The second-order valence-corrected chi connectivity index (χ2v) is 4.62. The van der Waals surface area contributed by atoms with Crippen molar-refractivity contribution in [2.24, 2.45) is 5.92 Å². The van der Waals surface area contributed by atoms with Gasteiger partial charge in [0.2, 0.25) is 0 Å². The van der Waals surface area contributed by atoms with E-state index in [1.54, 1.807) is 18.2 Å². The first-order valence-electron chi connectivity index (χ1n) is 6.03. The van der Waals surface area contributed by atoms with Gasteiger partial charge in [0.1, 0.15) is 0 Å². The van der Waals surface area contributed by atoms with E-state index in [2.05, 4.69) is 5.32 Å². The number of anilines is 2. The number of carbonyl (C=O) groups is 1. The maximum Gasteiger partial charge on any atom is 0.337 e. The molecule has 1 aromatic carbocycles. The highest BCUT2D eigenvalue weighted by Gasteiger charge is 2.16. The summed E-state index contributed by atoms with van der Waals surface area (Å²) in [5.74, 6) is -0.110. The van der Waals surface area contributed by atoms with Gasteiger partial charge in [-0.15, -0.1) is 0 Å². The van der Waals surface area contributed by atoms with E-state index < -0.39 is 5.97 Å². The lowest BCUT2D eigenvalue weighted by Crippen LogP contribution is -2.15. The topological polar surface area (TPSA) is 75.3 Å². The zero-order valence-corrected chi connectivity index (χ0v) is 9.78. The van der Waals surface area contributed by atoms with Crippen LogP contribution >= 0.6 is 0 Å². The molecule has 0 atom stereocenters. The Morgan fingerprint density at radius 3 is 2.76 bits per heavy atom. The van der Waals surface area contributed by atoms with Crippen LogP contribution in [-0.4, -0.2) is 17.6 Å². The van der Waals surface area contributed by atoms with Gasteiger partial charge in [-0.2, -0.15) is 0 Å². The van der Waals surface area contributed by atoms with Gasteiger partial charge < -0.3 is 16.2 Å². The van der Waals surface area contributed by atoms with Crippen LogP contribution in [0.5, 0.6) is 0 Å². The number of nitrogens with one attached hydrogen (secondary N) is 1. The first-order chi connectivity index (χ1) is 8.16. The molecule has 1 saturated carbocycles. The van der Waals surface area contributed by atoms with E-state index >= 15 is 0 Å². The summed E-state index contributed by atoms with van der Waals surface area (Å²) in [5, 5.41) is 12.1. The molecule has 0 spiro atoms. The molecule has 1 aliphatic carbocycles. The molecule has 1 aliphatic rings. The van der Waals surface area contributed by atoms with Gasteiger partial charge in [-0.25, -0.2) is 4.79 Å². The number of carboxylic acids is 1. The summed E-state index contributed by atoms with van der Waals surface area (Å²) >= 11 is 0. The standard InChI is InChI=1S/C13H18N2O2/c14-12-8-10(4-5-11(12)13(16)17)15-7-6-9-2-1-3-9/h4-5,8-9,15H,1-3,6-7,14H2,(H,16,17). The van der Waals surface area contributed by atoms with Crippen LogP contribution in [0, 0.1) is 5.92 Å². The number of carboxylic acid groups (broad SMARTS) is 1. The van der Waals surface area contributed by atoms with Crippen molar-refractivity contribution >= 4 is 17.3 Å². The molecule has 92 valence electrons. The number of rotatable bonds is 5. The minimum Gasteiger partial charge on any atom is -0.478 e. The maximum absolute atomic E-state index is 10.8. The number of nitrogens with two attached hydrogens (primary N) is 1. The summed E-state index contributed by atoms with van der Waals surface area (Å²) in [6, 6.07) is 4.99. The maximum atomic E-state index is 10.8. The van der Waals surface area contributed by atoms with E-state index in [1.807, 2.05) is 0 Å². The third-order valence-electron chi connectivity index (χ3n) is 3.39. The molecule has 0 aromatic heterocycles. The molecular formula is C13H18N2O2. The second kappa shape index (κ2) is 5.08. The smallest absolute Gasteiger partial charge is 0.337 e. The van der Waals surface area contributed by atoms with Crippen molar-refractivity contribution in [3.8, 4) is 0 Å². The fraction of sp³-hybridized carbons (Fsp3) is 0.462. The van der Waals surface area contributed by atoms with E-state index in [-0.39, 0.29) is 5.56 Å². The summed E-state index contributed by atoms with van der Waals surface area (Å²) in [6.45, 7) is 0.927. The summed E-state index contributed by atoms with van der Waals surface area (Å²) < 4.78 is 0. The predicted octanol–water partition coefficient (Wildman–Crippen LogP) is 2.57. The average Bonchev–Trinajstić information content (AvgIpc) is 2.21. The van der Waals surface area contributed by atoms with Gasteiger partial charge in [-0.3, -0.25) is 0 Å². The monoisotopic (exact) mass is 234 g/mol. The van der Waals surface area contributed by atoms with E-state index in [0.29, 0.717) is 5.69 Å². The minimum absolute atomic E-state index is 0.162. The Kier molecular flexibility index (Phi) is 3.52. The van der Waals surface area contributed by atoms with Crippen LogP contribution in [0.25, 0.3) is 0 Å². The molecule has 4 heteroatoms. The molecule has 0 aliphatic heterocycles. The van der Waals surface area contributed by atoms with Gasteiger partial charge in [0.25, 0.3) is 0 Å². The summed E-state index contributed by atoms with van der Waals surface area (Å²) in [7, 11) is 0. The Hall–Kier alpha value is -1.71. The highest BCUT2D eigenvalue weighted by molar-refractivity contribution is 5.94. The third kappa shape index (κ3) is 2.90. The number of hydrogen-bond acceptors (Lipinski definition) is 3. The largest absolute Gasteiger partial charge is 0.478 e. The first kappa shape index (κ1) is 11.8. The lowest BCUT2D eigenvalue weighted by atomic mass is 9.83. The molecule has 4 nitrogen and oxygen atoms in total. The summed E-state index contributed by atoms with van der Waals surface area (Å²) in [4.78, 5) is 10.8. The van der Waals surface area contributed by atoms with Crippen molar-refractivity contribution in [2.75, 3.05) is 17.6 Å². The molecule has 0 amide bonds. The zero-order chi connectivity index (χ0) is 12.3. The minimum atomic E-state index is -0.983. The summed E-state index contributed by atoms with van der Waals surface area (Å²) in [6.07, 6.45) is 5.25. The van der Waals surface area contributed by atoms with Gasteiger partial charge in [0.05, 0.1) is 5.56 Å². The molecule has 1 aromatic rings. The lowest BCUT2D eigenvalue weighted by Gasteiger charge is -2.25. The van der Waals surface area contributed by atoms with E-state index in [4.69, 9.17) is 10.8 Å². The van der Waals surface area contributed by atoms with Crippen molar-refractivity contribution in [3.63, 3.8) is 0 Å². The van der Waals surface area contributed by atoms with Crippen LogP contribution in [0.15, 0.2) is 18.2 Å². The van der Waals surface area contributed by atoms with Crippen molar-refractivity contribution in [1.29, 1.82) is 0 Å². The van der Waals surface area contributed by atoms with Crippen molar-refractivity contribution in [1.82, 2.24) is 0 Å². The zero-order valence-electron chi connectivity index (χ0n) is 9.78. The Morgan fingerprint density at radius 1 is 1.47 bits per heavy atom. The van der Waals surface area contributed by atoms with Crippen LogP contribution in [-0.2, 0) is 0 Å². The first-order valence-corrected chi connectivity index (χ1v) is 6.03. The number of benzene rings is 1. The molecule has 0 heterocycles. The van der Waals surface area contributed by atoms with Gasteiger partial charge in [0, 0.05) is 17.9 Å². The SMILES string of the molecule is Nc1cc(NCCC2CCC2)ccc1C(=O)O. The van der Waals surface area contributed by atoms with Crippen molar-refractivity contribution in [3.05, 3.63) is 23.8 Å². The van der Waals surface area contributed by atoms with E-state index in [1.165, 1.54) is 25.7 Å². The fourth-order valence-electron chi connectivity index (χ4n) is 2.07. The molecule has 0 saturated heterocycles. The molecule has 4 N–H and O–H groups in total. The highest BCUT2D eigenvalue weighted by Crippen LogP contribution is 2.29. The Morgan fingerprint density at radius 2 is 2.24 bits per heavy atom. The Balaban J connectivity index is 1.88. The number of aromatic carboxylic acids is 1. The predicted molar refractivity (Wildman–Crippen MR) is 68.3 cm³/mol. The van der Waals surface area contributed by atoms with E-state index in [9.17, 15) is 4.79 Å². The molecule has 1 fully saturated rings. The van der Waals surface area contributed by atoms with Crippen LogP contribution in [0.3, 0.4) is 0 Å². The van der Waals surface area contributed by atoms with Crippen LogP contribution < -0.4 is 11.1 Å². The molecular weight excluding hydrogens is 216 g/mol. The van der Waals surface area contributed by atoms with Crippen LogP contribution in [0.4, 0.5) is 11.4 Å². The van der Waals surface area contributed by atoms with E-state index in [0.717, 1.165) is 18.2 Å². The van der Waals surface area contributed by atoms with Crippen molar-refractivity contribution in [2.45, 2.75) is 25.7 Å². The number of hydrogen-bond donors (Lipinski definition) is 3. The average molecular weight is 234 g/mol. The normalized spacial score (nSPS) is 15.3. The third-order valence-corrected chi connectivity index (χ3v) is 3.39. The summed E-state index contributed by atoms with van der Waals surface area (Å²) in [5.41, 5.74) is 7.04.